The highest BCUT2D eigenvalue weighted by Crippen LogP contribution is 2.25. The molecule has 0 bridgehead atoms. The molecule has 0 saturated carbocycles. The first-order chi connectivity index (χ1) is 17.4. The number of benzene rings is 3. The monoisotopic (exact) mass is 523 g/mol. The molecule has 4 rings (SSSR count). The third kappa shape index (κ3) is 6.46. The molecule has 184 valence electrons. The zero-order valence-electron chi connectivity index (χ0n) is 19.2. The second kappa shape index (κ2) is 11.8. The number of halogens is 2. The number of rotatable bonds is 8. The van der Waals surface area contributed by atoms with Gasteiger partial charge in [0, 0.05) is 22.3 Å². The van der Waals surface area contributed by atoms with Gasteiger partial charge in [0.05, 0.1) is 13.0 Å². The molecule has 1 aliphatic heterocycles. The Labute approximate surface area is 218 Å². The van der Waals surface area contributed by atoms with E-state index in [9.17, 15) is 14.4 Å². The molecule has 0 radical (unpaired) electrons. The van der Waals surface area contributed by atoms with Crippen molar-refractivity contribution in [3.05, 3.63) is 100 Å². The van der Waals surface area contributed by atoms with Crippen LogP contribution < -0.4 is 10.1 Å². The first-order valence-electron chi connectivity index (χ1n) is 11.2. The van der Waals surface area contributed by atoms with Gasteiger partial charge in [-0.05, 0) is 54.1 Å². The van der Waals surface area contributed by atoms with Gasteiger partial charge in [-0.15, -0.1) is 0 Å². The summed E-state index contributed by atoms with van der Waals surface area (Å²) >= 11 is 11.9. The molecule has 1 fully saturated rings. The average Bonchev–Trinajstić information content (AvgIpc) is 2.88. The van der Waals surface area contributed by atoms with Crippen molar-refractivity contribution in [1.82, 2.24) is 9.80 Å². The maximum atomic E-state index is 13.6. The Morgan fingerprint density at radius 3 is 2.25 bits per heavy atom. The average molecular weight is 524 g/mol. The third-order valence-corrected chi connectivity index (χ3v) is 6.19. The topological polar surface area (TPSA) is 79.0 Å². The van der Waals surface area contributed by atoms with Crippen molar-refractivity contribution in [2.75, 3.05) is 18.6 Å². The predicted octanol–water partition coefficient (Wildman–Crippen LogP) is 4.79. The van der Waals surface area contributed by atoms with Gasteiger partial charge in [-0.3, -0.25) is 9.59 Å². The van der Waals surface area contributed by atoms with Crippen molar-refractivity contribution in [2.45, 2.75) is 19.0 Å². The molecule has 0 aliphatic carbocycles. The lowest BCUT2D eigenvalue weighted by atomic mass is 10.0. The molecule has 9 heteroatoms. The fraction of sp³-hybridized carbons (Fsp3) is 0.185. The minimum Gasteiger partial charge on any atom is -0.473 e. The van der Waals surface area contributed by atoms with Crippen LogP contribution in [-0.2, 0) is 20.9 Å². The lowest BCUT2D eigenvalue weighted by molar-refractivity contribution is -0.143. The van der Waals surface area contributed by atoms with Gasteiger partial charge in [-0.25, -0.2) is 4.79 Å². The number of hydrogen-bond acceptors (Lipinski definition) is 5. The fourth-order valence-electron chi connectivity index (χ4n) is 3.87. The molecule has 3 aromatic rings. The van der Waals surface area contributed by atoms with Gasteiger partial charge < -0.3 is 19.9 Å². The Balaban J connectivity index is 1.55. The van der Waals surface area contributed by atoms with Crippen LogP contribution in [0.4, 0.5) is 5.69 Å². The summed E-state index contributed by atoms with van der Waals surface area (Å²) in [6.07, 6.45) is -0.193. The van der Waals surface area contributed by atoms with Gasteiger partial charge in [0.2, 0.25) is 11.8 Å². The molecule has 1 atom stereocenters. The number of anilines is 1. The van der Waals surface area contributed by atoms with Crippen LogP contribution in [0.15, 0.2) is 84.6 Å². The summed E-state index contributed by atoms with van der Waals surface area (Å²) in [7, 11) is 0. The highest BCUT2D eigenvalue weighted by atomic mass is 35.5. The summed E-state index contributed by atoms with van der Waals surface area (Å²) in [6.45, 7) is 0.235. The van der Waals surface area contributed by atoms with E-state index in [2.05, 4.69) is 5.32 Å². The van der Waals surface area contributed by atoms with Gasteiger partial charge in [-0.1, -0.05) is 53.5 Å². The van der Waals surface area contributed by atoms with Crippen LogP contribution in [0.3, 0.4) is 0 Å². The number of nitrogens with one attached hydrogen (secondary N) is 1. The summed E-state index contributed by atoms with van der Waals surface area (Å²) in [4.78, 5) is 41.5. The van der Waals surface area contributed by atoms with Crippen molar-refractivity contribution in [1.29, 1.82) is 0 Å². The molecular weight excluding hydrogens is 501 g/mol. The summed E-state index contributed by atoms with van der Waals surface area (Å²) < 4.78 is 5.83. The standard InChI is InChI=1S/C27H23Cl2N3O4/c28-20-6-10-22(11-7-20)30-26(34)14-25-27(35)31(15-19-4-2-1-3-5-19)16-23(17-33)32(25)18-36-24-12-8-21(29)9-13-24/h1-13,25H,14-16,18H2,(H,30,34). The van der Waals surface area contributed by atoms with E-state index in [4.69, 9.17) is 27.9 Å². The van der Waals surface area contributed by atoms with E-state index in [-0.39, 0.29) is 37.2 Å². The quantitative estimate of drug-likeness (QED) is 0.429. The van der Waals surface area contributed by atoms with Crippen LogP contribution in [0.5, 0.6) is 5.75 Å². The highest BCUT2D eigenvalue weighted by molar-refractivity contribution is 6.30. The molecule has 2 amide bonds. The minimum atomic E-state index is -0.960. The van der Waals surface area contributed by atoms with Crippen molar-refractivity contribution in [3.8, 4) is 5.75 Å². The molecule has 1 saturated heterocycles. The summed E-state index contributed by atoms with van der Waals surface area (Å²) in [5.41, 5.74) is 1.68. The van der Waals surface area contributed by atoms with Crippen molar-refractivity contribution < 1.29 is 19.1 Å². The van der Waals surface area contributed by atoms with Gasteiger partial charge in [0.1, 0.15) is 23.4 Å². The lowest BCUT2D eigenvalue weighted by Crippen LogP contribution is -2.57. The van der Waals surface area contributed by atoms with Crippen LogP contribution >= 0.6 is 23.2 Å². The molecule has 1 unspecified atom stereocenters. The molecule has 0 spiro atoms. The first kappa shape index (κ1) is 25.3. The van der Waals surface area contributed by atoms with Crippen LogP contribution in [0, 0.1) is 0 Å². The normalized spacial score (nSPS) is 15.4. The largest absolute Gasteiger partial charge is 0.473 e. The van der Waals surface area contributed by atoms with Crippen molar-refractivity contribution in [3.63, 3.8) is 0 Å². The molecule has 3 aromatic carbocycles. The van der Waals surface area contributed by atoms with Crippen molar-refractivity contribution in [2.24, 2.45) is 0 Å². The second-order valence-corrected chi connectivity index (χ2v) is 9.07. The number of carbonyl (C=O) groups excluding carboxylic acids is 3. The number of ether oxygens (including phenoxy) is 1. The van der Waals surface area contributed by atoms with E-state index < -0.39 is 6.04 Å². The van der Waals surface area contributed by atoms with Gasteiger partial charge in [0.25, 0.3) is 0 Å². The van der Waals surface area contributed by atoms with Crippen LogP contribution in [0.1, 0.15) is 12.0 Å². The summed E-state index contributed by atoms with van der Waals surface area (Å²) in [6, 6.07) is 21.8. The molecule has 1 aliphatic rings. The minimum absolute atomic E-state index is 0.0521. The second-order valence-electron chi connectivity index (χ2n) is 8.20. The van der Waals surface area contributed by atoms with Gasteiger partial charge in [-0.2, -0.15) is 0 Å². The molecule has 36 heavy (non-hydrogen) atoms. The van der Waals surface area contributed by atoms with Crippen LogP contribution in [0.25, 0.3) is 0 Å². The number of piperazine rings is 1. The molecular formula is C27H23Cl2N3O4. The van der Waals surface area contributed by atoms with Gasteiger partial charge >= 0.3 is 0 Å². The Morgan fingerprint density at radius 2 is 1.61 bits per heavy atom. The Kier molecular flexibility index (Phi) is 8.28. The molecule has 0 aromatic heterocycles. The maximum Gasteiger partial charge on any atom is 0.246 e. The predicted molar refractivity (Wildman–Crippen MR) is 138 cm³/mol. The zero-order chi connectivity index (χ0) is 25.5. The Hall–Kier alpha value is -3.77. The van der Waals surface area contributed by atoms with E-state index in [0.29, 0.717) is 28.0 Å². The van der Waals surface area contributed by atoms with E-state index in [1.165, 1.54) is 4.90 Å². The van der Waals surface area contributed by atoms with E-state index in [1.807, 2.05) is 36.3 Å². The number of nitrogens with zero attached hydrogens (tertiary/aromatic N) is 2. The first-order valence-corrected chi connectivity index (χ1v) is 12.0. The highest BCUT2D eigenvalue weighted by Gasteiger charge is 2.39. The fourth-order valence-corrected chi connectivity index (χ4v) is 4.12. The zero-order valence-corrected chi connectivity index (χ0v) is 20.7. The van der Waals surface area contributed by atoms with Gasteiger partial charge in [0.15, 0.2) is 6.73 Å². The van der Waals surface area contributed by atoms with E-state index in [0.717, 1.165) is 5.56 Å². The Bertz CT molecular complexity index is 1260. The lowest BCUT2D eigenvalue weighted by Gasteiger charge is -2.41. The molecule has 1 heterocycles. The van der Waals surface area contributed by atoms with Crippen molar-refractivity contribution >= 4 is 46.6 Å². The molecule has 1 N–H and O–H groups in total. The SMILES string of the molecule is O=C=C1CN(Cc2ccccc2)C(=O)C(CC(=O)Nc2ccc(Cl)cc2)N1COc1ccc(Cl)cc1. The van der Waals surface area contributed by atoms with E-state index >= 15 is 0 Å². The number of amides is 2. The summed E-state index contributed by atoms with van der Waals surface area (Å²) in [5, 5.41) is 3.87. The Morgan fingerprint density at radius 1 is 0.972 bits per heavy atom. The maximum absolute atomic E-state index is 13.6. The van der Waals surface area contributed by atoms with E-state index in [1.54, 1.807) is 53.4 Å². The number of hydrogen-bond donors (Lipinski definition) is 1. The van der Waals surface area contributed by atoms with Crippen LogP contribution in [0.2, 0.25) is 10.0 Å². The third-order valence-electron chi connectivity index (χ3n) is 5.69. The smallest absolute Gasteiger partial charge is 0.246 e. The summed E-state index contributed by atoms with van der Waals surface area (Å²) in [5.74, 6) is 1.78. The number of carbonyl (C=O) groups is 2. The molecule has 7 nitrogen and oxygen atoms in total. The van der Waals surface area contributed by atoms with Crippen LogP contribution in [-0.4, -0.2) is 46.9 Å².